The molecule has 0 N–H and O–H groups in total. The van der Waals surface area contributed by atoms with E-state index < -0.39 is 0 Å². The number of benzene rings is 4. The lowest BCUT2D eigenvalue weighted by molar-refractivity contribution is 0.638. The molecule has 4 nitrogen and oxygen atoms in total. The summed E-state index contributed by atoms with van der Waals surface area (Å²) in [4.78, 5) is 4.95. The molecule has 0 saturated carbocycles. The maximum atomic E-state index is 4.95. The minimum Gasteiger partial charge on any atom is -0.294 e. The number of para-hydroxylation sites is 1. The standard InChI is InChI=1S/C40H38N4/c1-27-23-28(2)44(42-27)33-16-12-15-30(24-33)40(5,6)31-19-20-35-34-17-10-11-18-36(34)43(37(35)25-31)38-26-32(21-22-41-38)39(3,4)29-13-8-7-9-14-29/h7-26H,1-6H3. The average Bonchev–Trinajstić information content (AvgIpc) is 3.56. The third-order valence-corrected chi connectivity index (χ3v) is 9.41. The van der Waals surface area contributed by atoms with E-state index in [0.717, 1.165) is 33.9 Å². The fraction of sp³-hybridized carbons (Fsp3) is 0.200. The minimum atomic E-state index is -0.244. The van der Waals surface area contributed by atoms with Crippen molar-refractivity contribution in [3.63, 3.8) is 0 Å². The Labute approximate surface area is 259 Å². The number of pyridine rings is 1. The molecule has 0 aliphatic heterocycles. The highest BCUT2D eigenvalue weighted by atomic mass is 15.3. The van der Waals surface area contributed by atoms with Gasteiger partial charge in [-0.3, -0.25) is 4.57 Å². The van der Waals surface area contributed by atoms with Gasteiger partial charge < -0.3 is 0 Å². The Balaban J connectivity index is 1.38. The summed E-state index contributed by atoms with van der Waals surface area (Å²) in [5.74, 6) is 0.930. The van der Waals surface area contributed by atoms with Gasteiger partial charge in [0.2, 0.25) is 0 Å². The fourth-order valence-corrected chi connectivity index (χ4v) is 6.64. The maximum Gasteiger partial charge on any atom is 0.137 e. The minimum absolute atomic E-state index is 0.165. The second kappa shape index (κ2) is 10.3. The summed E-state index contributed by atoms with van der Waals surface area (Å²) in [7, 11) is 0. The molecule has 3 aromatic heterocycles. The summed E-state index contributed by atoms with van der Waals surface area (Å²) in [6.45, 7) is 13.3. The zero-order valence-corrected chi connectivity index (χ0v) is 26.3. The van der Waals surface area contributed by atoms with Gasteiger partial charge in [-0.1, -0.05) is 100 Å². The van der Waals surface area contributed by atoms with E-state index in [1.807, 2.05) is 17.8 Å². The van der Waals surface area contributed by atoms with Crippen LogP contribution in [0.2, 0.25) is 0 Å². The molecule has 0 saturated heterocycles. The second-order valence-electron chi connectivity index (χ2n) is 13.0. The fourth-order valence-electron chi connectivity index (χ4n) is 6.64. The Morgan fingerprint density at radius 2 is 1.20 bits per heavy atom. The largest absolute Gasteiger partial charge is 0.294 e. The van der Waals surface area contributed by atoms with Crippen molar-refractivity contribution in [1.29, 1.82) is 0 Å². The monoisotopic (exact) mass is 574 g/mol. The van der Waals surface area contributed by atoms with Gasteiger partial charge in [0.25, 0.3) is 0 Å². The molecule has 0 amide bonds. The molecular weight excluding hydrogens is 536 g/mol. The van der Waals surface area contributed by atoms with Crippen molar-refractivity contribution in [2.75, 3.05) is 0 Å². The van der Waals surface area contributed by atoms with Crippen LogP contribution in [0.4, 0.5) is 0 Å². The first-order valence-corrected chi connectivity index (χ1v) is 15.3. The van der Waals surface area contributed by atoms with E-state index in [2.05, 4.69) is 154 Å². The molecule has 0 radical (unpaired) electrons. The van der Waals surface area contributed by atoms with Crippen LogP contribution in [0.25, 0.3) is 33.3 Å². The van der Waals surface area contributed by atoms with Crippen LogP contribution in [-0.2, 0) is 10.8 Å². The molecule has 0 unspecified atom stereocenters. The lowest BCUT2D eigenvalue weighted by Crippen LogP contribution is -2.20. The predicted molar refractivity (Wildman–Crippen MR) is 182 cm³/mol. The lowest BCUT2D eigenvalue weighted by Gasteiger charge is -2.27. The molecule has 0 spiro atoms. The molecule has 4 heteroatoms. The molecular formula is C40H38N4. The zero-order valence-electron chi connectivity index (χ0n) is 26.3. The van der Waals surface area contributed by atoms with Crippen LogP contribution < -0.4 is 0 Å². The van der Waals surface area contributed by atoms with E-state index in [0.29, 0.717) is 0 Å². The molecule has 0 aliphatic rings. The Hall–Kier alpha value is -4.96. The molecule has 0 bridgehead atoms. The summed E-state index contributed by atoms with van der Waals surface area (Å²) in [5.41, 5.74) is 10.2. The first-order valence-electron chi connectivity index (χ1n) is 15.3. The topological polar surface area (TPSA) is 35.6 Å². The van der Waals surface area contributed by atoms with Crippen LogP contribution in [0.1, 0.15) is 61.3 Å². The van der Waals surface area contributed by atoms with Crippen LogP contribution in [0.3, 0.4) is 0 Å². The number of fused-ring (bicyclic) bond motifs is 3. The van der Waals surface area contributed by atoms with E-state index in [1.165, 1.54) is 33.0 Å². The Bertz CT molecular complexity index is 2140. The normalized spacial score (nSPS) is 12.3. The molecule has 3 heterocycles. The molecule has 218 valence electrons. The highest BCUT2D eigenvalue weighted by Gasteiger charge is 2.27. The van der Waals surface area contributed by atoms with Crippen molar-refractivity contribution in [3.05, 3.63) is 155 Å². The number of aromatic nitrogens is 4. The first kappa shape index (κ1) is 27.8. The highest BCUT2D eigenvalue weighted by Crippen LogP contribution is 2.39. The average molecular weight is 575 g/mol. The Morgan fingerprint density at radius 3 is 1.98 bits per heavy atom. The van der Waals surface area contributed by atoms with Crippen molar-refractivity contribution < 1.29 is 0 Å². The van der Waals surface area contributed by atoms with Crippen LogP contribution in [0.15, 0.2) is 121 Å². The molecule has 7 rings (SSSR count). The Morgan fingerprint density at radius 1 is 0.545 bits per heavy atom. The van der Waals surface area contributed by atoms with Gasteiger partial charge in [-0.15, -0.1) is 0 Å². The first-order chi connectivity index (χ1) is 21.1. The van der Waals surface area contributed by atoms with Crippen molar-refractivity contribution in [2.45, 2.75) is 52.4 Å². The van der Waals surface area contributed by atoms with Gasteiger partial charge in [0.15, 0.2) is 0 Å². The van der Waals surface area contributed by atoms with Crippen LogP contribution in [0, 0.1) is 13.8 Å². The number of hydrogen-bond acceptors (Lipinski definition) is 2. The van der Waals surface area contributed by atoms with Gasteiger partial charge in [-0.05, 0) is 78.6 Å². The molecule has 0 atom stereocenters. The van der Waals surface area contributed by atoms with Gasteiger partial charge in [-0.2, -0.15) is 5.10 Å². The summed E-state index contributed by atoms with van der Waals surface area (Å²) >= 11 is 0. The van der Waals surface area contributed by atoms with E-state index in [9.17, 15) is 0 Å². The zero-order chi connectivity index (χ0) is 30.6. The second-order valence-corrected chi connectivity index (χ2v) is 13.0. The number of rotatable bonds is 6. The molecule has 0 aliphatic carbocycles. The van der Waals surface area contributed by atoms with Crippen molar-refractivity contribution in [3.8, 4) is 11.5 Å². The third kappa shape index (κ3) is 4.53. The summed E-state index contributed by atoms with van der Waals surface area (Å²) in [6, 6.07) is 41.6. The maximum absolute atomic E-state index is 4.95. The molecule has 7 aromatic rings. The number of hydrogen-bond donors (Lipinski definition) is 0. The van der Waals surface area contributed by atoms with Crippen molar-refractivity contribution in [1.82, 2.24) is 19.3 Å². The van der Waals surface area contributed by atoms with Gasteiger partial charge in [0.05, 0.1) is 22.4 Å². The van der Waals surface area contributed by atoms with Gasteiger partial charge in [-0.25, -0.2) is 9.67 Å². The van der Waals surface area contributed by atoms with Crippen LogP contribution in [-0.4, -0.2) is 19.3 Å². The smallest absolute Gasteiger partial charge is 0.137 e. The summed E-state index contributed by atoms with van der Waals surface area (Å²) in [6.07, 6.45) is 1.95. The van der Waals surface area contributed by atoms with E-state index in [1.54, 1.807) is 0 Å². The molecule has 44 heavy (non-hydrogen) atoms. The van der Waals surface area contributed by atoms with Gasteiger partial charge in [0, 0.05) is 33.5 Å². The SMILES string of the molecule is Cc1cc(C)n(-c2cccc(C(C)(C)c3ccc4c5ccccc5n(-c5cc(C(C)(C)c6ccccc6)ccn5)c4c3)c2)n1. The number of nitrogens with zero attached hydrogens (tertiary/aromatic N) is 4. The lowest BCUT2D eigenvalue weighted by atomic mass is 9.77. The Kier molecular flexibility index (Phi) is 6.55. The van der Waals surface area contributed by atoms with E-state index >= 15 is 0 Å². The molecule has 4 aromatic carbocycles. The number of aryl methyl sites for hydroxylation is 2. The van der Waals surface area contributed by atoms with Crippen LogP contribution >= 0.6 is 0 Å². The van der Waals surface area contributed by atoms with Gasteiger partial charge >= 0.3 is 0 Å². The highest BCUT2D eigenvalue weighted by molar-refractivity contribution is 6.09. The van der Waals surface area contributed by atoms with Crippen molar-refractivity contribution in [2.24, 2.45) is 0 Å². The third-order valence-electron chi connectivity index (χ3n) is 9.41. The predicted octanol–water partition coefficient (Wildman–Crippen LogP) is 9.63. The summed E-state index contributed by atoms with van der Waals surface area (Å²) < 4.78 is 4.37. The quantitative estimate of drug-likeness (QED) is 0.198. The van der Waals surface area contributed by atoms with E-state index in [-0.39, 0.29) is 10.8 Å². The summed E-state index contributed by atoms with van der Waals surface area (Å²) in [5, 5.41) is 7.19. The van der Waals surface area contributed by atoms with Crippen molar-refractivity contribution >= 4 is 21.8 Å². The van der Waals surface area contributed by atoms with Crippen LogP contribution in [0.5, 0.6) is 0 Å². The van der Waals surface area contributed by atoms with Gasteiger partial charge in [0.1, 0.15) is 5.82 Å². The molecule has 0 fully saturated rings. The van der Waals surface area contributed by atoms with E-state index in [4.69, 9.17) is 10.1 Å².